The van der Waals surface area contributed by atoms with Gasteiger partial charge in [0.05, 0.1) is 17.1 Å². The second-order valence-corrected chi connectivity index (χ2v) is 6.25. The number of benzene rings is 1. The molecule has 2 rings (SSSR count). The Morgan fingerprint density at radius 1 is 1.15 bits per heavy atom. The Kier molecular flexibility index (Phi) is 4.57. The van der Waals surface area contributed by atoms with Gasteiger partial charge in [0.25, 0.3) is 0 Å². The maximum absolute atomic E-state index is 12.1. The molecule has 0 saturated heterocycles. The standard InChI is InChI=1S/C14H19N3O2S/c1-3-12-5-7-14(8-6-12)20(18,19)15-11-13-9-10-17(4-2)16-13/h5-10,15H,3-4,11H2,1-2H3. The van der Waals surface area contributed by atoms with Crippen LogP contribution in [0.2, 0.25) is 0 Å². The fraction of sp³-hybridized carbons (Fsp3) is 0.357. The molecule has 0 aliphatic carbocycles. The van der Waals surface area contributed by atoms with Crippen LogP contribution < -0.4 is 4.72 Å². The van der Waals surface area contributed by atoms with Crippen molar-refractivity contribution in [2.45, 2.75) is 38.3 Å². The number of sulfonamides is 1. The van der Waals surface area contributed by atoms with Gasteiger partial charge in [0.1, 0.15) is 0 Å². The van der Waals surface area contributed by atoms with Gasteiger partial charge in [0.2, 0.25) is 10.0 Å². The van der Waals surface area contributed by atoms with Crippen LogP contribution in [0.15, 0.2) is 41.4 Å². The van der Waals surface area contributed by atoms with Gasteiger partial charge in [-0.2, -0.15) is 5.10 Å². The molecule has 108 valence electrons. The Hall–Kier alpha value is -1.66. The van der Waals surface area contributed by atoms with Crippen molar-refractivity contribution in [2.24, 2.45) is 0 Å². The number of rotatable bonds is 6. The molecule has 0 bridgehead atoms. The van der Waals surface area contributed by atoms with Crippen LogP contribution in [0.25, 0.3) is 0 Å². The third kappa shape index (κ3) is 3.46. The Labute approximate surface area is 119 Å². The molecule has 5 nitrogen and oxygen atoms in total. The molecule has 1 N–H and O–H groups in total. The van der Waals surface area contributed by atoms with Crippen molar-refractivity contribution in [3.05, 3.63) is 47.8 Å². The van der Waals surface area contributed by atoms with Crippen molar-refractivity contribution >= 4 is 10.0 Å². The predicted molar refractivity (Wildman–Crippen MR) is 77.7 cm³/mol. The minimum atomic E-state index is -3.48. The Bertz CT molecular complexity index is 660. The first-order valence-electron chi connectivity index (χ1n) is 6.66. The van der Waals surface area contributed by atoms with Crippen molar-refractivity contribution in [3.63, 3.8) is 0 Å². The summed E-state index contributed by atoms with van der Waals surface area (Å²) < 4.78 is 28.6. The van der Waals surface area contributed by atoms with E-state index in [1.807, 2.05) is 38.2 Å². The summed E-state index contributed by atoms with van der Waals surface area (Å²) in [4.78, 5) is 0.282. The monoisotopic (exact) mass is 293 g/mol. The van der Waals surface area contributed by atoms with Gasteiger partial charge in [-0.1, -0.05) is 19.1 Å². The van der Waals surface area contributed by atoms with Gasteiger partial charge in [0, 0.05) is 12.7 Å². The minimum absolute atomic E-state index is 0.199. The first-order chi connectivity index (χ1) is 9.55. The number of aromatic nitrogens is 2. The zero-order chi connectivity index (χ0) is 14.6. The molecule has 1 aromatic carbocycles. The van der Waals surface area contributed by atoms with Crippen molar-refractivity contribution in [2.75, 3.05) is 0 Å². The van der Waals surface area contributed by atoms with Crippen LogP contribution in [0.3, 0.4) is 0 Å². The zero-order valence-electron chi connectivity index (χ0n) is 11.7. The molecule has 6 heteroatoms. The first-order valence-corrected chi connectivity index (χ1v) is 8.14. The molecule has 1 heterocycles. The van der Waals surface area contributed by atoms with E-state index in [1.54, 1.807) is 16.8 Å². The van der Waals surface area contributed by atoms with E-state index in [0.29, 0.717) is 5.69 Å². The SMILES string of the molecule is CCc1ccc(S(=O)(=O)NCc2ccn(CC)n2)cc1. The van der Waals surface area contributed by atoms with Crippen molar-refractivity contribution < 1.29 is 8.42 Å². The summed E-state index contributed by atoms with van der Waals surface area (Å²) in [6, 6.07) is 8.74. The number of hydrogen-bond acceptors (Lipinski definition) is 3. The summed E-state index contributed by atoms with van der Waals surface area (Å²) in [5.41, 5.74) is 1.83. The van der Waals surface area contributed by atoms with Crippen molar-refractivity contribution in [1.82, 2.24) is 14.5 Å². The van der Waals surface area contributed by atoms with E-state index in [1.165, 1.54) is 0 Å². The summed E-state index contributed by atoms with van der Waals surface area (Å²) in [5.74, 6) is 0. The largest absolute Gasteiger partial charge is 0.273 e. The average Bonchev–Trinajstić information content (AvgIpc) is 2.93. The highest BCUT2D eigenvalue weighted by Gasteiger charge is 2.13. The van der Waals surface area contributed by atoms with E-state index in [0.717, 1.165) is 18.5 Å². The smallest absolute Gasteiger partial charge is 0.240 e. The summed E-state index contributed by atoms with van der Waals surface area (Å²) in [7, 11) is -3.48. The first kappa shape index (κ1) is 14.7. The molecular weight excluding hydrogens is 274 g/mol. The second-order valence-electron chi connectivity index (χ2n) is 4.48. The number of aryl methyl sites for hydroxylation is 2. The minimum Gasteiger partial charge on any atom is -0.273 e. The zero-order valence-corrected chi connectivity index (χ0v) is 12.5. The normalized spacial score (nSPS) is 11.7. The summed E-state index contributed by atoms with van der Waals surface area (Å²) in [5, 5.41) is 4.24. The highest BCUT2D eigenvalue weighted by molar-refractivity contribution is 7.89. The van der Waals surface area contributed by atoms with E-state index < -0.39 is 10.0 Å². The van der Waals surface area contributed by atoms with Gasteiger partial charge in [-0.25, -0.2) is 13.1 Å². The Balaban J connectivity index is 2.06. The Morgan fingerprint density at radius 2 is 1.85 bits per heavy atom. The van der Waals surface area contributed by atoms with Crippen LogP contribution in [-0.4, -0.2) is 18.2 Å². The molecule has 0 fully saturated rings. The number of hydrogen-bond donors (Lipinski definition) is 1. The van der Waals surface area contributed by atoms with Crippen LogP contribution in [0.4, 0.5) is 0 Å². The van der Waals surface area contributed by atoms with Crippen LogP contribution >= 0.6 is 0 Å². The van der Waals surface area contributed by atoms with Crippen LogP contribution in [-0.2, 0) is 29.5 Å². The second kappa shape index (κ2) is 6.19. The molecular formula is C14H19N3O2S. The van der Waals surface area contributed by atoms with Gasteiger partial charge in [-0.15, -0.1) is 0 Å². The fourth-order valence-corrected chi connectivity index (χ4v) is 2.83. The third-order valence-corrected chi connectivity index (χ3v) is 4.52. The molecule has 20 heavy (non-hydrogen) atoms. The lowest BCUT2D eigenvalue weighted by Gasteiger charge is -2.06. The lowest BCUT2D eigenvalue weighted by atomic mass is 10.2. The fourth-order valence-electron chi connectivity index (χ4n) is 1.83. The molecule has 0 aliphatic heterocycles. The van der Waals surface area contributed by atoms with Crippen LogP contribution in [0.1, 0.15) is 25.1 Å². The van der Waals surface area contributed by atoms with Crippen molar-refractivity contribution in [3.8, 4) is 0 Å². The van der Waals surface area contributed by atoms with Gasteiger partial charge >= 0.3 is 0 Å². The quantitative estimate of drug-likeness (QED) is 0.885. The van der Waals surface area contributed by atoms with E-state index >= 15 is 0 Å². The van der Waals surface area contributed by atoms with E-state index in [9.17, 15) is 8.42 Å². The topological polar surface area (TPSA) is 64.0 Å². The molecule has 0 atom stereocenters. The Morgan fingerprint density at radius 3 is 2.40 bits per heavy atom. The summed E-state index contributed by atoms with van der Waals surface area (Å²) >= 11 is 0. The van der Waals surface area contributed by atoms with Gasteiger partial charge in [0.15, 0.2) is 0 Å². The molecule has 0 aliphatic rings. The van der Waals surface area contributed by atoms with E-state index in [2.05, 4.69) is 9.82 Å². The van der Waals surface area contributed by atoms with Crippen molar-refractivity contribution in [1.29, 1.82) is 0 Å². The number of nitrogens with zero attached hydrogens (tertiary/aromatic N) is 2. The average molecular weight is 293 g/mol. The third-order valence-electron chi connectivity index (χ3n) is 3.11. The summed E-state index contributed by atoms with van der Waals surface area (Å²) in [6.45, 7) is 4.98. The lowest BCUT2D eigenvalue weighted by molar-refractivity contribution is 0.578. The van der Waals surface area contributed by atoms with Gasteiger partial charge < -0.3 is 0 Å². The van der Waals surface area contributed by atoms with Gasteiger partial charge in [-0.05, 0) is 37.1 Å². The molecule has 0 amide bonds. The molecule has 1 aromatic heterocycles. The van der Waals surface area contributed by atoms with E-state index in [-0.39, 0.29) is 11.4 Å². The highest BCUT2D eigenvalue weighted by Crippen LogP contribution is 2.11. The highest BCUT2D eigenvalue weighted by atomic mass is 32.2. The molecule has 0 saturated carbocycles. The summed E-state index contributed by atoms with van der Waals surface area (Å²) in [6.07, 6.45) is 2.72. The number of nitrogens with one attached hydrogen (secondary N) is 1. The molecule has 0 radical (unpaired) electrons. The van der Waals surface area contributed by atoms with Crippen LogP contribution in [0.5, 0.6) is 0 Å². The molecule has 2 aromatic rings. The maximum atomic E-state index is 12.1. The molecule has 0 spiro atoms. The predicted octanol–water partition coefficient (Wildman–Crippen LogP) is 1.94. The van der Waals surface area contributed by atoms with Crippen LogP contribution in [0, 0.1) is 0 Å². The lowest BCUT2D eigenvalue weighted by Crippen LogP contribution is -2.23. The molecule has 0 unspecified atom stereocenters. The van der Waals surface area contributed by atoms with Gasteiger partial charge in [-0.3, -0.25) is 4.68 Å². The van der Waals surface area contributed by atoms with E-state index in [4.69, 9.17) is 0 Å². The maximum Gasteiger partial charge on any atom is 0.240 e.